The summed E-state index contributed by atoms with van der Waals surface area (Å²) in [7, 11) is 1.12. The Kier molecular flexibility index (Phi) is 5.54. The Bertz CT molecular complexity index is 1020. The van der Waals surface area contributed by atoms with E-state index in [4.69, 9.17) is 10.5 Å². The number of hydrogen-bond donors (Lipinski definition) is 1. The van der Waals surface area contributed by atoms with Gasteiger partial charge in [0.15, 0.2) is 0 Å². The van der Waals surface area contributed by atoms with Crippen LogP contribution in [0, 0.1) is 16.7 Å². The predicted octanol–water partition coefficient (Wildman–Crippen LogP) is 4.94. The first-order chi connectivity index (χ1) is 14.3. The van der Waals surface area contributed by atoms with Gasteiger partial charge in [-0.3, -0.25) is 4.90 Å². The highest BCUT2D eigenvalue weighted by atomic mass is 32.1. The van der Waals surface area contributed by atoms with E-state index >= 15 is 0 Å². The molecule has 0 spiro atoms. The highest BCUT2D eigenvalue weighted by Crippen LogP contribution is 2.59. The van der Waals surface area contributed by atoms with E-state index in [9.17, 15) is 36.4 Å². The third kappa shape index (κ3) is 3.26. The first-order valence-electron chi connectivity index (χ1n) is 9.08. The average molecular weight is 465 g/mol. The number of esters is 1. The molecular weight excluding hydrogens is 448 g/mol. The minimum absolute atomic E-state index is 0.0377. The van der Waals surface area contributed by atoms with Gasteiger partial charge in [-0.05, 0) is 44.2 Å². The molecule has 0 saturated carbocycles. The summed E-state index contributed by atoms with van der Waals surface area (Å²) in [5.74, 6) is -1.81. The first kappa shape index (κ1) is 23.0. The van der Waals surface area contributed by atoms with Crippen LogP contribution in [0.15, 0.2) is 23.2 Å². The molecule has 1 aromatic heterocycles. The molecule has 0 radical (unpaired) electrons. The average Bonchev–Trinajstić information content (AvgIpc) is 3.04. The van der Waals surface area contributed by atoms with Crippen molar-refractivity contribution < 1.29 is 35.9 Å². The Hall–Kier alpha value is -2.68. The molecule has 0 fully saturated rings. The summed E-state index contributed by atoms with van der Waals surface area (Å²) in [5, 5.41) is 9.37. The maximum Gasteiger partial charge on any atom is 0.411 e. The molecule has 1 aliphatic heterocycles. The lowest BCUT2D eigenvalue weighted by Gasteiger charge is -2.41. The number of nitrogens with zero attached hydrogens (tertiary/aromatic N) is 2. The molecule has 0 saturated heterocycles. The van der Waals surface area contributed by atoms with Crippen molar-refractivity contribution in [2.45, 2.75) is 45.0 Å². The maximum absolute atomic E-state index is 13.8. The number of allylic oxidation sites excluding steroid dienone is 3. The van der Waals surface area contributed by atoms with Gasteiger partial charge in [-0.2, -0.15) is 31.6 Å². The van der Waals surface area contributed by atoms with E-state index in [1.165, 1.54) is 0 Å². The molecule has 3 rings (SSSR count). The van der Waals surface area contributed by atoms with Gasteiger partial charge in [0, 0.05) is 10.6 Å². The quantitative estimate of drug-likeness (QED) is 0.494. The van der Waals surface area contributed by atoms with Crippen molar-refractivity contribution in [3.8, 4) is 6.07 Å². The molecule has 0 bridgehead atoms. The number of carbonyl (C=O) groups is 1. The van der Waals surface area contributed by atoms with Crippen LogP contribution in [0.5, 0.6) is 0 Å². The van der Waals surface area contributed by atoms with Crippen LogP contribution in [0.25, 0.3) is 0 Å². The summed E-state index contributed by atoms with van der Waals surface area (Å²) in [4.78, 5) is 14.2. The standard InChI is InChI=1S/C19H17F6N3O2S/c1-9-7-17(18(20,21)22,19(23,24)25)11(8-26)14(27)28(9)15-13(16(29)30-2)10-5-3-4-6-12(10)31-15/h7H,3-6,27H2,1-2H3. The van der Waals surface area contributed by atoms with Crippen molar-refractivity contribution in [2.75, 3.05) is 12.0 Å². The number of anilines is 1. The lowest BCUT2D eigenvalue weighted by molar-refractivity contribution is -0.306. The van der Waals surface area contributed by atoms with Crippen molar-refractivity contribution in [1.82, 2.24) is 0 Å². The van der Waals surface area contributed by atoms with E-state index in [1.54, 1.807) is 0 Å². The van der Waals surface area contributed by atoms with E-state index in [1.807, 2.05) is 0 Å². The molecule has 2 aliphatic rings. The largest absolute Gasteiger partial charge is 0.465 e. The number of fused-ring (bicyclic) bond motifs is 1. The Morgan fingerprint density at radius 1 is 1.23 bits per heavy atom. The molecule has 31 heavy (non-hydrogen) atoms. The molecule has 1 aromatic rings. The number of ether oxygens (including phenoxy) is 1. The monoisotopic (exact) mass is 465 g/mol. The van der Waals surface area contributed by atoms with E-state index in [0.717, 1.165) is 54.1 Å². The van der Waals surface area contributed by atoms with Gasteiger partial charge in [-0.15, -0.1) is 11.3 Å². The molecule has 5 nitrogen and oxygen atoms in total. The van der Waals surface area contributed by atoms with Crippen LogP contribution in [-0.4, -0.2) is 25.4 Å². The van der Waals surface area contributed by atoms with Gasteiger partial charge < -0.3 is 10.5 Å². The third-order valence-electron chi connectivity index (χ3n) is 5.42. The SMILES string of the molecule is COC(=O)c1c(N2C(C)=CC(C(F)(F)F)(C(F)(F)F)C(C#N)=C2N)sc2c1CCCC2. The Labute approximate surface area is 177 Å². The number of nitriles is 1. The first-order valence-corrected chi connectivity index (χ1v) is 9.89. The minimum Gasteiger partial charge on any atom is -0.465 e. The van der Waals surface area contributed by atoms with Gasteiger partial charge in [0.1, 0.15) is 16.9 Å². The van der Waals surface area contributed by atoms with Crippen molar-refractivity contribution >= 4 is 22.3 Å². The van der Waals surface area contributed by atoms with Gasteiger partial charge in [-0.25, -0.2) is 4.79 Å². The fourth-order valence-electron chi connectivity index (χ4n) is 4.00. The summed E-state index contributed by atoms with van der Waals surface area (Å²) in [6, 6.07) is 1.02. The number of carbonyl (C=O) groups excluding carboxylic acids is 1. The zero-order valence-corrected chi connectivity index (χ0v) is 17.2. The fourth-order valence-corrected chi connectivity index (χ4v) is 5.45. The lowest BCUT2D eigenvalue weighted by atomic mass is 9.76. The number of hydrogen-bond acceptors (Lipinski definition) is 6. The van der Waals surface area contributed by atoms with Crippen LogP contribution in [0.1, 0.15) is 40.6 Å². The zero-order chi connectivity index (χ0) is 23.4. The van der Waals surface area contributed by atoms with Crippen LogP contribution < -0.4 is 10.6 Å². The van der Waals surface area contributed by atoms with Gasteiger partial charge in [0.05, 0.1) is 18.2 Å². The molecule has 0 unspecified atom stereocenters. The van der Waals surface area contributed by atoms with Crippen molar-refractivity contribution in [2.24, 2.45) is 11.1 Å². The number of halogens is 6. The molecule has 12 heteroatoms. The summed E-state index contributed by atoms with van der Waals surface area (Å²) in [6.45, 7) is 1.02. The topological polar surface area (TPSA) is 79.3 Å². The van der Waals surface area contributed by atoms with Crippen LogP contribution in [0.2, 0.25) is 0 Å². The van der Waals surface area contributed by atoms with E-state index < -0.39 is 40.8 Å². The highest BCUT2D eigenvalue weighted by molar-refractivity contribution is 7.16. The molecule has 0 atom stereocenters. The van der Waals surface area contributed by atoms with Crippen LogP contribution in [0.3, 0.4) is 0 Å². The normalized spacial score (nSPS) is 18.9. The summed E-state index contributed by atoms with van der Waals surface area (Å²) in [5.41, 5.74) is -0.280. The Morgan fingerprint density at radius 2 is 1.81 bits per heavy atom. The molecule has 0 aromatic carbocycles. The van der Waals surface area contributed by atoms with Gasteiger partial charge in [0.2, 0.25) is 5.41 Å². The maximum atomic E-state index is 13.8. The molecule has 2 heterocycles. The van der Waals surface area contributed by atoms with Crippen molar-refractivity contribution in [1.29, 1.82) is 5.26 Å². The third-order valence-corrected chi connectivity index (χ3v) is 6.70. The zero-order valence-electron chi connectivity index (χ0n) is 16.4. The van der Waals surface area contributed by atoms with Gasteiger partial charge in [0.25, 0.3) is 0 Å². The Balaban J connectivity index is 2.33. The van der Waals surface area contributed by atoms with E-state index in [0.29, 0.717) is 18.4 Å². The molecular formula is C19H17F6N3O2S. The number of aryl methyl sites for hydroxylation is 1. The van der Waals surface area contributed by atoms with E-state index in [-0.39, 0.29) is 16.6 Å². The molecule has 168 valence electrons. The second-order valence-electron chi connectivity index (χ2n) is 7.18. The van der Waals surface area contributed by atoms with E-state index in [2.05, 4.69) is 0 Å². The molecule has 2 N–H and O–H groups in total. The summed E-state index contributed by atoms with van der Waals surface area (Å²) < 4.78 is 87.4. The van der Waals surface area contributed by atoms with Gasteiger partial charge >= 0.3 is 18.3 Å². The smallest absolute Gasteiger partial charge is 0.411 e. The minimum atomic E-state index is -5.87. The molecule has 1 aliphatic carbocycles. The van der Waals surface area contributed by atoms with Crippen molar-refractivity contribution in [3.63, 3.8) is 0 Å². The highest BCUT2D eigenvalue weighted by Gasteiger charge is 2.73. The number of alkyl halides is 6. The fraction of sp³-hybridized carbons (Fsp3) is 0.474. The second kappa shape index (κ2) is 7.47. The predicted molar refractivity (Wildman–Crippen MR) is 99.9 cm³/mol. The molecule has 0 amide bonds. The van der Waals surface area contributed by atoms with Crippen LogP contribution >= 0.6 is 11.3 Å². The second-order valence-corrected chi connectivity index (χ2v) is 8.26. The number of methoxy groups -OCH3 is 1. The number of thiophene rings is 1. The van der Waals surface area contributed by atoms with Crippen molar-refractivity contribution in [3.05, 3.63) is 39.2 Å². The lowest BCUT2D eigenvalue weighted by Crippen LogP contribution is -2.54. The summed E-state index contributed by atoms with van der Waals surface area (Å²) >= 11 is 1.05. The van der Waals surface area contributed by atoms with Gasteiger partial charge in [-0.1, -0.05) is 0 Å². The van der Waals surface area contributed by atoms with Crippen LogP contribution in [-0.2, 0) is 17.6 Å². The Morgan fingerprint density at radius 3 is 2.32 bits per heavy atom. The number of rotatable bonds is 2. The van der Waals surface area contributed by atoms with Crippen LogP contribution in [0.4, 0.5) is 31.3 Å². The summed E-state index contributed by atoms with van der Waals surface area (Å²) in [6.07, 6.45) is -9.09. The number of nitrogens with two attached hydrogens (primary N) is 1.